The van der Waals surface area contributed by atoms with Gasteiger partial charge in [0.15, 0.2) is 0 Å². The smallest absolute Gasteiger partial charge is 0.304 e. The molecule has 5 nitrogen and oxygen atoms in total. The minimum absolute atomic E-state index is 0.0919. The van der Waals surface area contributed by atoms with Crippen LogP contribution in [0.3, 0.4) is 0 Å². The van der Waals surface area contributed by atoms with E-state index in [1.54, 1.807) is 6.07 Å². The van der Waals surface area contributed by atoms with Gasteiger partial charge in [-0.25, -0.2) is 0 Å². The molecule has 0 aromatic heterocycles. The quantitative estimate of drug-likeness (QED) is 0.812. The van der Waals surface area contributed by atoms with Gasteiger partial charge in [0.2, 0.25) is 5.91 Å². The molecule has 1 heterocycles. The summed E-state index contributed by atoms with van der Waals surface area (Å²) in [7, 11) is 0. The summed E-state index contributed by atoms with van der Waals surface area (Å²) in [5.41, 5.74) is 1.61. The number of carboxylic acids is 1. The van der Waals surface area contributed by atoms with Crippen LogP contribution in [0.25, 0.3) is 0 Å². The number of carboxylic acid groups (broad SMARTS) is 1. The SMILES string of the molecule is Cc1ccc2c(c1)OC[C@H](CC(=O)O)C(=O)N2. The minimum Gasteiger partial charge on any atom is -0.491 e. The van der Waals surface area contributed by atoms with E-state index in [4.69, 9.17) is 9.84 Å². The first-order chi connectivity index (χ1) is 8.06. The van der Waals surface area contributed by atoms with Crippen LogP contribution in [0.1, 0.15) is 12.0 Å². The molecule has 0 radical (unpaired) electrons. The Kier molecular flexibility index (Phi) is 2.99. The third-order valence-corrected chi connectivity index (χ3v) is 2.63. The summed E-state index contributed by atoms with van der Waals surface area (Å²) in [5.74, 6) is -1.38. The standard InChI is InChI=1S/C12H13NO4/c1-7-2-3-9-10(4-7)17-6-8(5-11(14)15)12(16)13-9/h2-4,8H,5-6H2,1H3,(H,13,16)(H,14,15)/t8-/m0/s1. The molecule has 5 heteroatoms. The van der Waals surface area contributed by atoms with Crippen molar-refractivity contribution < 1.29 is 19.4 Å². The van der Waals surface area contributed by atoms with Gasteiger partial charge in [-0.2, -0.15) is 0 Å². The largest absolute Gasteiger partial charge is 0.491 e. The van der Waals surface area contributed by atoms with Crippen LogP contribution in [0.5, 0.6) is 5.75 Å². The van der Waals surface area contributed by atoms with Crippen LogP contribution in [0.2, 0.25) is 0 Å². The molecule has 90 valence electrons. The lowest BCUT2D eigenvalue weighted by Crippen LogP contribution is -2.27. The van der Waals surface area contributed by atoms with Crippen molar-refractivity contribution in [1.29, 1.82) is 0 Å². The van der Waals surface area contributed by atoms with Crippen LogP contribution in [0.4, 0.5) is 5.69 Å². The van der Waals surface area contributed by atoms with Gasteiger partial charge in [-0.05, 0) is 24.6 Å². The highest BCUT2D eigenvalue weighted by Crippen LogP contribution is 2.29. The van der Waals surface area contributed by atoms with E-state index in [-0.39, 0.29) is 18.9 Å². The van der Waals surface area contributed by atoms with Gasteiger partial charge in [-0.1, -0.05) is 6.07 Å². The van der Waals surface area contributed by atoms with E-state index in [9.17, 15) is 9.59 Å². The highest BCUT2D eigenvalue weighted by Gasteiger charge is 2.26. The number of rotatable bonds is 2. The van der Waals surface area contributed by atoms with Gasteiger partial charge in [0, 0.05) is 0 Å². The van der Waals surface area contributed by atoms with Gasteiger partial charge in [-0.3, -0.25) is 9.59 Å². The predicted octanol–water partition coefficient (Wildman–Crippen LogP) is 1.42. The average Bonchev–Trinajstić information content (AvgIpc) is 2.39. The van der Waals surface area contributed by atoms with Gasteiger partial charge in [0.25, 0.3) is 0 Å². The van der Waals surface area contributed by atoms with Crippen molar-refractivity contribution in [3.8, 4) is 5.75 Å². The number of ether oxygens (including phenoxy) is 1. The lowest BCUT2D eigenvalue weighted by Gasteiger charge is -2.09. The van der Waals surface area contributed by atoms with E-state index in [0.29, 0.717) is 11.4 Å². The first kappa shape index (κ1) is 11.4. The highest BCUT2D eigenvalue weighted by atomic mass is 16.5. The summed E-state index contributed by atoms with van der Waals surface area (Å²) in [6, 6.07) is 5.43. The number of aliphatic carboxylic acids is 1. The Bertz CT molecular complexity index is 470. The lowest BCUT2D eigenvalue weighted by atomic mass is 10.1. The lowest BCUT2D eigenvalue weighted by molar-refractivity contribution is -0.140. The normalized spacial score (nSPS) is 18.6. The molecule has 1 amide bonds. The molecular formula is C12H13NO4. The first-order valence-corrected chi connectivity index (χ1v) is 5.32. The Morgan fingerprint density at radius 2 is 2.35 bits per heavy atom. The molecule has 1 aromatic carbocycles. The molecule has 1 aromatic rings. The Labute approximate surface area is 98.4 Å². The topological polar surface area (TPSA) is 75.6 Å². The fourth-order valence-electron chi connectivity index (χ4n) is 1.72. The van der Waals surface area contributed by atoms with Crippen molar-refractivity contribution in [2.24, 2.45) is 5.92 Å². The van der Waals surface area contributed by atoms with Crippen LogP contribution in [0, 0.1) is 12.8 Å². The van der Waals surface area contributed by atoms with Crippen LogP contribution in [-0.2, 0) is 9.59 Å². The van der Waals surface area contributed by atoms with Crippen LogP contribution in [-0.4, -0.2) is 23.6 Å². The van der Waals surface area contributed by atoms with E-state index in [2.05, 4.69) is 5.32 Å². The number of nitrogens with one attached hydrogen (secondary N) is 1. The average molecular weight is 235 g/mol. The zero-order chi connectivity index (χ0) is 12.4. The number of carbonyl (C=O) groups is 2. The molecule has 0 saturated carbocycles. The van der Waals surface area contributed by atoms with E-state index < -0.39 is 11.9 Å². The van der Waals surface area contributed by atoms with Crippen molar-refractivity contribution in [3.63, 3.8) is 0 Å². The summed E-state index contributed by atoms with van der Waals surface area (Å²) in [4.78, 5) is 22.4. The summed E-state index contributed by atoms with van der Waals surface area (Å²) >= 11 is 0. The number of hydrogen-bond acceptors (Lipinski definition) is 3. The zero-order valence-corrected chi connectivity index (χ0v) is 9.40. The molecule has 0 fully saturated rings. The molecule has 1 aliphatic heterocycles. The van der Waals surface area contributed by atoms with E-state index in [1.807, 2.05) is 19.1 Å². The molecule has 0 bridgehead atoms. The fraction of sp³-hybridized carbons (Fsp3) is 0.333. The van der Waals surface area contributed by atoms with Gasteiger partial charge < -0.3 is 15.2 Å². The molecule has 0 unspecified atom stereocenters. The van der Waals surface area contributed by atoms with E-state index in [0.717, 1.165) is 5.56 Å². The second-order valence-corrected chi connectivity index (χ2v) is 4.09. The molecule has 0 aliphatic carbocycles. The summed E-state index contributed by atoms with van der Waals surface area (Å²) in [6.07, 6.45) is -0.223. The van der Waals surface area contributed by atoms with Crippen molar-refractivity contribution in [3.05, 3.63) is 23.8 Å². The molecule has 1 atom stereocenters. The summed E-state index contributed by atoms with van der Waals surface area (Å²) in [5, 5.41) is 11.4. The summed E-state index contributed by atoms with van der Waals surface area (Å²) in [6.45, 7) is 2.01. The van der Waals surface area contributed by atoms with Crippen LogP contribution < -0.4 is 10.1 Å². The maximum Gasteiger partial charge on any atom is 0.304 e. The third kappa shape index (κ3) is 2.55. The van der Waals surface area contributed by atoms with Gasteiger partial charge in [-0.15, -0.1) is 0 Å². The predicted molar refractivity (Wildman–Crippen MR) is 61.0 cm³/mol. The Balaban J connectivity index is 2.22. The molecule has 1 aliphatic rings. The second-order valence-electron chi connectivity index (χ2n) is 4.09. The first-order valence-electron chi connectivity index (χ1n) is 5.32. The van der Waals surface area contributed by atoms with E-state index >= 15 is 0 Å². The van der Waals surface area contributed by atoms with Gasteiger partial charge in [0.1, 0.15) is 12.4 Å². The zero-order valence-electron chi connectivity index (χ0n) is 9.40. The molecule has 0 spiro atoms. The Morgan fingerprint density at radius 3 is 3.06 bits per heavy atom. The van der Waals surface area contributed by atoms with Gasteiger partial charge >= 0.3 is 5.97 Å². The van der Waals surface area contributed by atoms with E-state index in [1.165, 1.54) is 0 Å². The van der Waals surface area contributed by atoms with Crippen molar-refractivity contribution >= 4 is 17.6 Å². The van der Waals surface area contributed by atoms with Crippen LogP contribution >= 0.6 is 0 Å². The van der Waals surface area contributed by atoms with Crippen molar-refractivity contribution in [2.75, 3.05) is 11.9 Å². The second kappa shape index (κ2) is 4.45. The Hall–Kier alpha value is -2.04. The molecule has 2 N–H and O–H groups in total. The van der Waals surface area contributed by atoms with Crippen molar-refractivity contribution in [2.45, 2.75) is 13.3 Å². The number of benzene rings is 1. The molecule has 2 rings (SSSR count). The van der Waals surface area contributed by atoms with Crippen LogP contribution in [0.15, 0.2) is 18.2 Å². The molecular weight excluding hydrogens is 222 g/mol. The Morgan fingerprint density at radius 1 is 1.59 bits per heavy atom. The number of anilines is 1. The van der Waals surface area contributed by atoms with Gasteiger partial charge in [0.05, 0.1) is 18.0 Å². The molecule has 17 heavy (non-hydrogen) atoms. The third-order valence-electron chi connectivity index (χ3n) is 2.63. The highest BCUT2D eigenvalue weighted by molar-refractivity contribution is 5.96. The monoisotopic (exact) mass is 235 g/mol. The maximum absolute atomic E-state index is 11.7. The minimum atomic E-state index is -1.00. The number of aryl methyl sites for hydroxylation is 1. The number of carbonyl (C=O) groups excluding carboxylic acids is 1. The van der Waals surface area contributed by atoms with Crippen molar-refractivity contribution in [1.82, 2.24) is 0 Å². The maximum atomic E-state index is 11.7. The number of amides is 1. The number of hydrogen-bond donors (Lipinski definition) is 2. The number of fused-ring (bicyclic) bond motifs is 1. The summed E-state index contributed by atoms with van der Waals surface area (Å²) < 4.78 is 5.47. The molecule has 0 saturated heterocycles. The fourth-order valence-corrected chi connectivity index (χ4v) is 1.72.